The second-order valence-electron chi connectivity index (χ2n) is 10.9. The first kappa shape index (κ1) is 36.0. The summed E-state index contributed by atoms with van der Waals surface area (Å²) in [6.45, 7) is 6.54. The van der Waals surface area contributed by atoms with E-state index in [-0.39, 0.29) is 11.3 Å². The van der Waals surface area contributed by atoms with Crippen LogP contribution in [0.3, 0.4) is 0 Å². The molecule has 5 aromatic rings. The number of aryl methyl sites for hydroxylation is 1. The molecule has 0 saturated carbocycles. The molecule has 0 fully saturated rings. The van der Waals surface area contributed by atoms with Crippen LogP contribution in [0.1, 0.15) is 29.8 Å². The Balaban J connectivity index is 1.28. The summed E-state index contributed by atoms with van der Waals surface area (Å²) in [5, 5.41) is 15.6. The fourth-order valence-corrected chi connectivity index (χ4v) is 10.3. The number of nitrogens with one attached hydrogen (secondary N) is 2. The quantitative estimate of drug-likeness (QED) is 0.0523. The lowest BCUT2D eigenvalue weighted by Crippen LogP contribution is -2.30. The minimum atomic E-state index is -4.44. The molecule has 0 aliphatic heterocycles. The van der Waals surface area contributed by atoms with Crippen LogP contribution >= 0.6 is 23.1 Å². The Kier molecular flexibility index (Phi) is 11.1. The van der Waals surface area contributed by atoms with E-state index in [1.54, 1.807) is 44.7 Å². The number of thioether (sulfide) groups is 1. The van der Waals surface area contributed by atoms with Gasteiger partial charge in [0.25, 0.3) is 31.6 Å². The minimum Gasteiger partial charge on any atom is -0.379 e. The molecule has 49 heavy (non-hydrogen) atoms. The van der Waals surface area contributed by atoms with Gasteiger partial charge in [-0.05, 0) is 77.5 Å². The Morgan fingerprint density at radius 3 is 2.22 bits per heavy atom. The number of amides is 1. The number of anilines is 1. The molecule has 0 aliphatic rings. The third kappa shape index (κ3) is 7.97. The smallest absolute Gasteiger partial charge is 0.293 e. The van der Waals surface area contributed by atoms with Crippen molar-refractivity contribution in [1.82, 2.24) is 9.03 Å². The van der Waals surface area contributed by atoms with Gasteiger partial charge in [0, 0.05) is 46.6 Å². The molecule has 0 spiro atoms. The maximum Gasteiger partial charge on any atom is 0.293 e. The van der Waals surface area contributed by atoms with Gasteiger partial charge in [0.05, 0.1) is 9.82 Å². The highest BCUT2D eigenvalue weighted by Gasteiger charge is 2.27. The highest BCUT2D eigenvalue weighted by Crippen LogP contribution is 2.38. The molecule has 0 saturated heterocycles. The molecule has 2 N–H and O–H groups in total. The molecule has 0 atom stereocenters. The van der Waals surface area contributed by atoms with Gasteiger partial charge in [-0.25, -0.2) is 21.6 Å². The first-order chi connectivity index (χ1) is 23.3. The molecule has 15 heteroatoms. The number of nitro groups is 1. The highest BCUT2D eigenvalue weighted by atomic mass is 32.2. The van der Waals surface area contributed by atoms with E-state index >= 15 is 0 Å². The molecule has 11 nitrogen and oxygen atoms in total. The Labute approximate surface area is 293 Å². The van der Waals surface area contributed by atoms with Crippen molar-refractivity contribution >= 4 is 70.5 Å². The summed E-state index contributed by atoms with van der Waals surface area (Å²) < 4.78 is 57.2. The second-order valence-corrected chi connectivity index (χ2v) is 16.9. The van der Waals surface area contributed by atoms with Gasteiger partial charge >= 0.3 is 0 Å². The summed E-state index contributed by atoms with van der Waals surface area (Å²) >= 11 is 2.80. The van der Waals surface area contributed by atoms with E-state index in [0.29, 0.717) is 35.2 Å². The van der Waals surface area contributed by atoms with Crippen LogP contribution in [0.15, 0.2) is 105 Å². The number of nitrogens with zero attached hydrogens (tertiary/aromatic N) is 2. The van der Waals surface area contributed by atoms with Gasteiger partial charge in [0.2, 0.25) is 0 Å². The zero-order chi connectivity index (χ0) is 35.3. The Bertz CT molecular complexity index is 2220. The van der Waals surface area contributed by atoms with Crippen LogP contribution in [0.2, 0.25) is 0 Å². The fourth-order valence-electron chi connectivity index (χ4n) is 5.21. The van der Waals surface area contributed by atoms with Crippen LogP contribution in [-0.4, -0.2) is 57.4 Å². The predicted octanol–water partition coefficient (Wildman–Crippen LogP) is 7.14. The summed E-state index contributed by atoms with van der Waals surface area (Å²) in [5.74, 6) is -0.273. The molecule has 0 radical (unpaired) electrons. The molecule has 0 bridgehead atoms. The first-order valence-corrected chi connectivity index (χ1v) is 20.0. The van der Waals surface area contributed by atoms with Crippen LogP contribution in [0.5, 0.6) is 0 Å². The monoisotopic (exact) mass is 738 g/mol. The maximum atomic E-state index is 13.2. The zero-order valence-electron chi connectivity index (χ0n) is 26.9. The summed E-state index contributed by atoms with van der Waals surface area (Å²) in [6.07, 6.45) is 0. The maximum absolute atomic E-state index is 13.2. The predicted molar refractivity (Wildman–Crippen MR) is 196 cm³/mol. The third-order valence-corrected chi connectivity index (χ3v) is 14.0. The number of thiophene rings is 1. The van der Waals surface area contributed by atoms with E-state index in [1.165, 1.54) is 39.9 Å². The van der Waals surface area contributed by atoms with Crippen LogP contribution in [-0.2, 0) is 20.0 Å². The van der Waals surface area contributed by atoms with Gasteiger partial charge in [0.15, 0.2) is 0 Å². The molecule has 1 heterocycles. The van der Waals surface area contributed by atoms with Crippen molar-refractivity contribution in [2.24, 2.45) is 0 Å². The third-order valence-electron chi connectivity index (χ3n) is 7.79. The van der Waals surface area contributed by atoms with Gasteiger partial charge in [-0.2, -0.15) is 4.31 Å². The molecule has 256 valence electrons. The average molecular weight is 739 g/mol. The van der Waals surface area contributed by atoms with Crippen molar-refractivity contribution in [2.75, 3.05) is 30.7 Å². The van der Waals surface area contributed by atoms with Crippen molar-refractivity contribution in [3.63, 3.8) is 0 Å². The van der Waals surface area contributed by atoms with Crippen LogP contribution in [0.25, 0.3) is 21.2 Å². The lowest BCUT2D eigenvalue weighted by molar-refractivity contribution is -0.384. The average Bonchev–Trinajstić information content (AvgIpc) is 3.43. The molecule has 4 aromatic carbocycles. The normalized spacial score (nSPS) is 11.9. The van der Waals surface area contributed by atoms with Crippen LogP contribution in [0, 0.1) is 17.0 Å². The SMILES string of the molecule is CCN(CC)S(=O)(=O)c1sc2ccc(-c3ccc(C(=O)NS(=O)(=O)c4ccc(NCCSc5ccccc5)c([N+](=O)[O-])c4)cc3)cc2c1C. The summed E-state index contributed by atoms with van der Waals surface area (Å²) in [4.78, 5) is 24.7. The van der Waals surface area contributed by atoms with E-state index in [0.717, 1.165) is 32.2 Å². The number of carbonyl (C=O) groups excluding carboxylic acids is 1. The lowest BCUT2D eigenvalue weighted by Gasteiger charge is -2.17. The van der Waals surface area contributed by atoms with Crippen LogP contribution < -0.4 is 10.0 Å². The highest BCUT2D eigenvalue weighted by molar-refractivity contribution is 7.99. The van der Waals surface area contributed by atoms with E-state index in [9.17, 15) is 31.7 Å². The van der Waals surface area contributed by atoms with Crippen molar-refractivity contribution in [3.05, 3.63) is 112 Å². The molecular formula is C34H34N4O7S4. The lowest BCUT2D eigenvalue weighted by atomic mass is 10.0. The number of sulfonamides is 2. The Hall–Kier alpha value is -4.28. The number of nitro benzene ring substituents is 1. The van der Waals surface area contributed by atoms with E-state index in [2.05, 4.69) is 5.32 Å². The number of rotatable bonds is 14. The Morgan fingerprint density at radius 1 is 0.898 bits per heavy atom. The number of hydrogen-bond acceptors (Lipinski definition) is 10. The Morgan fingerprint density at radius 2 is 1.57 bits per heavy atom. The molecule has 0 unspecified atom stereocenters. The van der Waals surface area contributed by atoms with Crippen molar-refractivity contribution in [2.45, 2.75) is 34.8 Å². The molecule has 1 aromatic heterocycles. The number of benzene rings is 4. The van der Waals surface area contributed by atoms with Crippen molar-refractivity contribution in [1.29, 1.82) is 0 Å². The van der Waals surface area contributed by atoms with Gasteiger partial charge < -0.3 is 5.32 Å². The van der Waals surface area contributed by atoms with Gasteiger partial charge in [-0.3, -0.25) is 14.9 Å². The fraction of sp³-hybridized carbons (Fsp3) is 0.206. The van der Waals surface area contributed by atoms with Crippen molar-refractivity contribution in [3.8, 4) is 11.1 Å². The molecule has 5 rings (SSSR count). The standard InChI is InChI=1S/C34H34N4O7S4/c1-4-37(5-2)49(44,45)34-23(3)29-21-26(15-18-32(29)47-34)24-11-13-25(14-12-24)33(39)36-48(42,43)28-16-17-30(31(22-28)38(40)41)35-19-20-46-27-9-7-6-8-10-27/h6-18,21-22,35H,4-5,19-20H2,1-3H3,(H,36,39). The van der Waals surface area contributed by atoms with Crippen LogP contribution in [0.4, 0.5) is 11.4 Å². The topological polar surface area (TPSA) is 156 Å². The zero-order valence-corrected chi connectivity index (χ0v) is 30.1. The van der Waals surface area contributed by atoms with Gasteiger partial charge in [-0.15, -0.1) is 23.1 Å². The number of hydrogen-bond donors (Lipinski definition) is 2. The summed E-state index contributed by atoms with van der Waals surface area (Å²) in [7, 11) is -8.06. The summed E-state index contributed by atoms with van der Waals surface area (Å²) in [5.41, 5.74) is 2.00. The summed E-state index contributed by atoms with van der Waals surface area (Å²) in [6, 6.07) is 25.0. The number of fused-ring (bicyclic) bond motifs is 1. The van der Waals surface area contributed by atoms with E-state index in [4.69, 9.17) is 0 Å². The molecular weight excluding hydrogens is 705 g/mol. The molecule has 1 amide bonds. The van der Waals surface area contributed by atoms with Gasteiger partial charge in [-0.1, -0.05) is 50.2 Å². The number of carbonyl (C=O) groups is 1. The first-order valence-electron chi connectivity index (χ1n) is 15.3. The molecule has 0 aliphatic carbocycles. The minimum absolute atomic E-state index is 0.0661. The van der Waals surface area contributed by atoms with E-state index in [1.807, 2.05) is 53.3 Å². The second kappa shape index (κ2) is 15.1. The van der Waals surface area contributed by atoms with Gasteiger partial charge in [0.1, 0.15) is 9.90 Å². The van der Waals surface area contributed by atoms with Crippen molar-refractivity contribution < 1.29 is 26.6 Å². The largest absolute Gasteiger partial charge is 0.379 e. The van der Waals surface area contributed by atoms with E-state index < -0.39 is 41.5 Å².